The number of nitrogens with zero attached hydrogens (tertiary/aromatic N) is 2. The second kappa shape index (κ2) is 4.70. The number of carboxylic acids is 1. The first kappa shape index (κ1) is 11.8. The molecule has 0 aromatic rings. The molecule has 0 radical (unpaired) electrons. The van der Waals surface area contributed by atoms with Crippen LogP contribution in [0.1, 0.15) is 0 Å². The van der Waals surface area contributed by atoms with Crippen molar-refractivity contribution in [1.29, 1.82) is 10.5 Å². The van der Waals surface area contributed by atoms with Crippen molar-refractivity contribution in [3.8, 4) is 12.1 Å². The lowest BCUT2D eigenvalue weighted by Crippen LogP contribution is -2.53. The monoisotopic (exact) mass is 199 g/mol. The molecule has 0 aliphatic carbocycles. The number of carboxylic acid groups (broad SMARTS) is 1. The normalized spacial score (nSPS) is 16.3. The van der Waals surface area contributed by atoms with E-state index in [0.717, 1.165) is 0 Å². The van der Waals surface area contributed by atoms with Crippen molar-refractivity contribution >= 4 is 17.7 Å². The number of carbonyl (C=O) groups is 1. The minimum absolute atomic E-state index is 0.229. The third-order valence-electron chi connectivity index (χ3n) is 1.58. The van der Waals surface area contributed by atoms with E-state index in [0.29, 0.717) is 0 Å². The van der Waals surface area contributed by atoms with Crippen molar-refractivity contribution in [2.75, 3.05) is 12.0 Å². The predicted molar refractivity (Wildman–Crippen MR) is 47.7 cm³/mol. The molecule has 0 aliphatic rings. The Morgan fingerprint density at radius 3 is 2.54 bits per heavy atom. The minimum Gasteiger partial charge on any atom is -0.479 e. The molecule has 0 saturated heterocycles. The van der Waals surface area contributed by atoms with E-state index in [-0.39, 0.29) is 5.75 Å². The van der Waals surface area contributed by atoms with Crippen LogP contribution in [0.15, 0.2) is 0 Å². The summed E-state index contributed by atoms with van der Waals surface area (Å²) in [7, 11) is 0. The molecule has 2 unspecified atom stereocenters. The number of rotatable bonds is 4. The van der Waals surface area contributed by atoms with E-state index in [1.807, 2.05) is 0 Å². The topological polar surface area (TPSA) is 111 Å². The zero-order chi connectivity index (χ0) is 10.5. The van der Waals surface area contributed by atoms with Crippen molar-refractivity contribution in [3.63, 3.8) is 0 Å². The van der Waals surface area contributed by atoms with Crippen molar-refractivity contribution in [2.24, 2.45) is 11.7 Å². The molecule has 0 spiro atoms. The van der Waals surface area contributed by atoms with Crippen LogP contribution in [0, 0.1) is 28.6 Å². The first-order chi connectivity index (χ1) is 6.02. The Bertz CT molecular complexity index is 280. The Kier molecular flexibility index (Phi) is 4.26. The highest BCUT2D eigenvalue weighted by molar-refractivity contribution is 7.98. The highest BCUT2D eigenvalue weighted by atomic mass is 32.2. The highest BCUT2D eigenvalue weighted by Crippen LogP contribution is 2.17. The van der Waals surface area contributed by atoms with E-state index >= 15 is 0 Å². The fourth-order valence-corrected chi connectivity index (χ4v) is 1.38. The molecule has 0 bridgehead atoms. The summed E-state index contributed by atoms with van der Waals surface area (Å²) in [6.45, 7) is 0. The van der Waals surface area contributed by atoms with Crippen molar-refractivity contribution < 1.29 is 9.90 Å². The van der Waals surface area contributed by atoms with Crippen molar-refractivity contribution in [1.82, 2.24) is 0 Å². The minimum atomic E-state index is -2.10. The molecule has 0 aliphatic heterocycles. The average molecular weight is 199 g/mol. The van der Waals surface area contributed by atoms with Gasteiger partial charge in [0, 0.05) is 5.75 Å². The molecule has 0 amide bonds. The molecule has 0 saturated carbocycles. The van der Waals surface area contributed by atoms with Gasteiger partial charge in [-0.05, 0) is 6.26 Å². The van der Waals surface area contributed by atoms with Gasteiger partial charge in [-0.3, -0.25) is 0 Å². The van der Waals surface area contributed by atoms with E-state index in [4.69, 9.17) is 21.4 Å². The van der Waals surface area contributed by atoms with Crippen LogP contribution in [0.2, 0.25) is 0 Å². The molecule has 70 valence electrons. The second-order valence-corrected chi connectivity index (χ2v) is 3.33. The molecule has 13 heavy (non-hydrogen) atoms. The van der Waals surface area contributed by atoms with Crippen LogP contribution in [0.3, 0.4) is 0 Å². The Balaban J connectivity index is 4.86. The molecule has 0 heterocycles. The molecular formula is C7H9N3O2S. The van der Waals surface area contributed by atoms with E-state index in [1.165, 1.54) is 17.8 Å². The lowest BCUT2D eigenvalue weighted by Gasteiger charge is -2.20. The molecule has 0 fully saturated rings. The van der Waals surface area contributed by atoms with E-state index in [1.54, 1.807) is 12.3 Å². The van der Waals surface area contributed by atoms with Gasteiger partial charge in [-0.25, -0.2) is 4.79 Å². The number of thioether (sulfide) groups is 1. The molecule has 3 N–H and O–H groups in total. The summed E-state index contributed by atoms with van der Waals surface area (Å²) in [6.07, 6.45) is 1.71. The third-order valence-corrected chi connectivity index (χ3v) is 2.24. The molecule has 5 nitrogen and oxygen atoms in total. The van der Waals surface area contributed by atoms with Crippen LogP contribution in [-0.4, -0.2) is 28.6 Å². The summed E-state index contributed by atoms with van der Waals surface area (Å²) in [5.74, 6) is -2.23. The van der Waals surface area contributed by atoms with Gasteiger partial charge in [-0.2, -0.15) is 22.3 Å². The Hall–Kier alpha value is -1.24. The zero-order valence-electron chi connectivity index (χ0n) is 7.02. The van der Waals surface area contributed by atoms with Crippen LogP contribution >= 0.6 is 11.8 Å². The lowest BCUT2D eigenvalue weighted by molar-refractivity contribution is -0.142. The first-order valence-electron chi connectivity index (χ1n) is 3.35. The van der Waals surface area contributed by atoms with Gasteiger partial charge >= 0.3 is 5.97 Å². The van der Waals surface area contributed by atoms with Crippen LogP contribution in [0.4, 0.5) is 0 Å². The maximum absolute atomic E-state index is 10.6. The van der Waals surface area contributed by atoms with Gasteiger partial charge in [0.1, 0.15) is 0 Å². The number of aliphatic carboxylic acids is 1. The Morgan fingerprint density at radius 1 is 1.77 bits per heavy atom. The second-order valence-electron chi connectivity index (χ2n) is 2.42. The summed E-state index contributed by atoms with van der Waals surface area (Å²) in [5, 5.41) is 25.8. The molecular weight excluding hydrogens is 190 g/mol. The number of nitrogens with two attached hydrogens (primary N) is 1. The van der Waals surface area contributed by atoms with Crippen LogP contribution < -0.4 is 5.73 Å². The third kappa shape index (κ3) is 2.35. The fourth-order valence-electron chi connectivity index (χ4n) is 0.712. The van der Waals surface area contributed by atoms with E-state index in [9.17, 15) is 4.79 Å². The summed E-state index contributed by atoms with van der Waals surface area (Å²) < 4.78 is 0. The zero-order valence-corrected chi connectivity index (χ0v) is 7.84. The Labute approximate surface area is 80.1 Å². The van der Waals surface area contributed by atoms with E-state index < -0.39 is 17.4 Å². The predicted octanol–water partition coefficient (Wildman–Crippen LogP) is -0.205. The maximum atomic E-state index is 10.6. The van der Waals surface area contributed by atoms with Crippen molar-refractivity contribution in [2.45, 2.75) is 5.54 Å². The van der Waals surface area contributed by atoms with Gasteiger partial charge in [0.05, 0.1) is 18.1 Å². The average Bonchev–Trinajstić information content (AvgIpc) is 2.12. The maximum Gasteiger partial charge on any atom is 0.340 e. The van der Waals surface area contributed by atoms with Crippen LogP contribution in [-0.2, 0) is 4.79 Å². The van der Waals surface area contributed by atoms with Gasteiger partial charge in [0.25, 0.3) is 0 Å². The van der Waals surface area contributed by atoms with Gasteiger partial charge in [-0.1, -0.05) is 0 Å². The van der Waals surface area contributed by atoms with Gasteiger partial charge < -0.3 is 10.8 Å². The van der Waals surface area contributed by atoms with Gasteiger partial charge in [-0.15, -0.1) is 0 Å². The van der Waals surface area contributed by atoms with Gasteiger partial charge in [0.2, 0.25) is 5.54 Å². The summed E-state index contributed by atoms with van der Waals surface area (Å²) in [5.41, 5.74) is 3.19. The quantitative estimate of drug-likeness (QED) is 0.648. The Morgan fingerprint density at radius 2 is 2.31 bits per heavy atom. The molecule has 2 atom stereocenters. The highest BCUT2D eigenvalue weighted by Gasteiger charge is 2.43. The summed E-state index contributed by atoms with van der Waals surface area (Å²) in [4.78, 5) is 10.6. The first-order valence-corrected chi connectivity index (χ1v) is 4.74. The molecule has 0 aromatic heterocycles. The van der Waals surface area contributed by atoms with E-state index in [2.05, 4.69) is 0 Å². The number of nitriles is 2. The molecule has 6 heteroatoms. The number of hydrogen-bond acceptors (Lipinski definition) is 5. The van der Waals surface area contributed by atoms with Gasteiger partial charge in [0.15, 0.2) is 0 Å². The number of hydrogen-bond donors (Lipinski definition) is 2. The standard InChI is InChI=1S/C7H9N3O2S/c1-13-3-5(2-8)7(10,4-9)6(11)12/h5H,3,10H2,1H3,(H,11,12). The summed E-state index contributed by atoms with van der Waals surface area (Å²) >= 11 is 1.28. The van der Waals surface area contributed by atoms with Crippen LogP contribution in [0.5, 0.6) is 0 Å². The smallest absolute Gasteiger partial charge is 0.340 e. The molecule has 0 rings (SSSR count). The molecule has 0 aromatic carbocycles. The lowest BCUT2D eigenvalue weighted by atomic mass is 9.89. The largest absolute Gasteiger partial charge is 0.479 e. The summed E-state index contributed by atoms with van der Waals surface area (Å²) in [6, 6.07) is 3.18. The fraction of sp³-hybridized carbons (Fsp3) is 0.571. The van der Waals surface area contributed by atoms with Crippen molar-refractivity contribution in [3.05, 3.63) is 0 Å². The van der Waals surface area contributed by atoms with Crippen LogP contribution in [0.25, 0.3) is 0 Å². The SMILES string of the molecule is CSCC(C#N)C(N)(C#N)C(=O)O.